The maximum absolute atomic E-state index is 15.4. The summed E-state index contributed by atoms with van der Waals surface area (Å²) in [5, 5.41) is 2.37. The van der Waals surface area contributed by atoms with E-state index in [1.165, 1.54) is 5.39 Å². The fourth-order valence-corrected chi connectivity index (χ4v) is 6.82. The van der Waals surface area contributed by atoms with Crippen molar-refractivity contribution in [2.24, 2.45) is 0 Å². The number of pyridine rings is 1. The molecule has 0 fully saturated rings. The zero-order chi connectivity index (χ0) is 46.7. The number of nitrogens with zero attached hydrogens (tertiary/aromatic N) is 1. The van der Waals surface area contributed by atoms with E-state index >= 15 is 35.1 Å². The van der Waals surface area contributed by atoms with Crippen LogP contribution in [0.25, 0.3) is 10.8 Å². The molecule has 23 heteroatoms. The van der Waals surface area contributed by atoms with Crippen LogP contribution in [0.3, 0.4) is 0 Å². The van der Waals surface area contributed by atoms with Crippen LogP contribution in [-0.4, -0.2) is 6.15 Å². The summed E-state index contributed by atoms with van der Waals surface area (Å²) in [6.45, 7) is 2.04. The Balaban J connectivity index is 0.000000302. The Labute approximate surface area is 337 Å². The second-order valence-corrected chi connectivity index (χ2v) is 13.1. The molecule has 0 atom stereocenters. The van der Waals surface area contributed by atoms with Gasteiger partial charge < -0.3 is 0 Å². The predicted octanol–water partition coefficient (Wildman–Crippen LogP) is 9.12. The minimum atomic E-state index is -7.22. The number of fused-ring (bicyclic) bond motifs is 1. The molecule has 0 saturated heterocycles. The first-order chi connectivity index (χ1) is 29.5. The van der Waals surface area contributed by atoms with Gasteiger partial charge in [-0.3, -0.25) is 0 Å². The van der Waals surface area contributed by atoms with Crippen molar-refractivity contribution in [2.75, 3.05) is 0 Å². The van der Waals surface area contributed by atoms with Gasteiger partial charge in [-0.1, -0.05) is 36.4 Å². The number of hydrogen-bond acceptors (Lipinski definition) is 1. The highest BCUT2D eigenvalue weighted by Crippen LogP contribution is 2.31. The van der Waals surface area contributed by atoms with Crippen LogP contribution >= 0.6 is 0 Å². The van der Waals surface area contributed by atoms with Gasteiger partial charge in [-0.25, -0.2) is 92.6 Å². The molecule has 1 aromatic heterocycles. The highest BCUT2D eigenvalue weighted by molar-refractivity contribution is 7.20. The van der Waals surface area contributed by atoms with E-state index in [4.69, 9.17) is 4.84 Å². The topological polar surface area (TPSA) is 13.1 Å². The van der Waals surface area contributed by atoms with Gasteiger partial charge in [0.25, 0.3) is 0 Å². The van der Waals surface area contributed by atoms with Gasteiger partial charge in [-0.2, -0.15) is 0 Å². The third-order valence-electron chi connectivity index (χ3n) is 9.67. The molecule has 63 heavy (non-hydrogen) atoms. The quantitative estimate of drug-likeness (QED) is 0.0534. The van der Waals surface area contributed by atoms with Crippen LogP contribution < -0.4 is 31.4 Å². The van der Waals surface area contributed by atoms with Crippen LogP contribution in [0.2, 0.25) is 0 Å². The zero-order valence-corrected chi connectivity index (χ0v) is 30.3. The van der Waals surface area contributed by atoms with Gasteiger partial charge in [0.2, 0.25) is 18.1 Å². The first-order valence-corrected chi connectivity index (χ1v) is 16.9. The smallest absolute Gasteiger partial charge is 0.230 e. The molecule has 0 radical (unpaired) electrons. The number of rotatable bonds is 6. The standard InChI is InChI=1S/C24BF20.C16H14NO/c26-5-1(6(27)14(35)21(42)13(5)34)25(2-7(28)15(36)22(43)16(37)8(2)29,3-9(30)17(38)23(44)18(39)10(3)31)4-11(32)19(40)24(45)20(41)12(4)33;1-13-6-2-5-9-16(13)18-17-11-10-14-7-3-4-8-15(14)12-17/h;2-12H,1H3/q-1;+1. The van der Waals surface area contributed by atoms with Gasteiger partial charge in [0.1, 0.15) is 52.7 Å². The summed E-state index contributed by atoms with van der Waals surface area (Å²) in [4.78, 5) is 5.83. The highest BCUT2D eigenvalue weighted by Gasteiger charge is 2.52. The summed E-state index contributed by atoms with van der Waals surface area (Å²) in [6.07, 6.45) is -3.30. The van der Waals surface area contributed by atoms with Gasteiger partial charge in [0.15, 0.2) is 69.8 Å². The van der Waals surface area contributed by atoms with E-state index in [0.29, 0.717) is 0 Å². The van der Waals surface area contributed by atoms with Crippen LogP contribution in [0, 0.1) is 123 Å². The Kier molecular flexibility index (Phi) is 12.2. The Hall–Kier alpha value is -6.81. The maximum atomic E-state index is 15.4. The molecular weight excluding hydrogens is 901 g/mol. The number of hydrogen-bond donors (Lipinski definition) is 0. The lowest BCUT2D eigenvalue weighted by Gasteiger charge is -2.44. The van der Waals surface area contributed by atoms with Crippen molar-refractivity contribution < 1.29 is 97.4 Å². The van der Waals surface area contributed by atoms with Gasteiger partial charge in [-0.15, -0.1) is 21.9 Å². The Morgan fingerprint density at radius 3 is 0.921 bits per heavy atom. The number of para-hydroxylation sites is 1. The molecule has 0 bridgehead atoms. The lowest BCUT2D eigenvalue weighted by Crippen LogP contribution is -2.81. The summed E-state index contributed by atoms with van der Waals surface area (Å²) in [5.74, 6) is -70.5. The van der Waals surface area contributed by atoms with E-state index in [9.17, 15) is 52.7 Å². The van der Waals surface area contributed by atoms with Crippen LogP contribution in [0.1, 0.15) is 5.56 Å². The molecule has 0 spiro atoms. The molecule has 0 aliphatic carbocycles. The summed E-state index contributed by atoms with van der Waals surface area (Å²) in [5.41, 5.74) is -13.2. The van der Waals surface area contributed by atoms with Crippen molar-refractivity contribution >= 4 is 38.8 Å². The Morgan fingerprint density at radius 2 is 0.603 bits per heavy atom. The fourth-order valence-electron chi connectivity index (χ4n) is 6.82. The molecule has 2 nitrogen and oxygen atoms in total. The van der Waals surface area contributed by atoms with Gasteiger partial charge in [0, 0.05) is 10.8 Å². The van der Waals surface area contributed by atoms with Gasteiger partial charge in [-0.05, 0) is 30.0 Å². The third-order valence-corrected chi connectivity index (χ3v) is 9.67. The average molecular weight is 915 g/mol. The molecule has 7 rings (SSSR count). The van der Waals surface area contributed by atoms with Crippen molar-refractivity contribution in [3.05, 3.63) is 189 Å². The van der Waals surface area contributed by atoms with Crippen molar-refractivity contribution in [1.29, 1.82) is 0 Å². The van der Waals surface area contributed by atoms with Crippen molar-refractivity contribution in [3.63, 3.8) is 0 Å². The number of aromatic nitrogens is 1. The third kappa shape index (κ3) is 7.11. The molecule has 0 saturated carbocycles. The molecule has 0 aliphatic rings. The van der Waals surface area contributed by atoms with Gasteiger partial charge >= 0.3 is 0 Å². The molecule has 7 aromatic rings. The Bertz CT molecular complexity index is 2630. The minimum absolute atomic E-state index is 0.873. The van der Waals surface area contributed by atoms with E-state index < -0.39 is 144 Å². The normalized spacial score (nSPS) is 11.6. The summed E-state index contributed by atoms with van der Waals surface area (Å²) < 4.78 is 296. The molecule has 6 aromatic carbocycles. The fraction of sp³-hybridized carbons (Fsp3) is 0.0250. The van der Waals surface area contributed by atoms with E-state index in [1.807, 2.05) is 61.8 Å². The molecule has 328 valence electrons. The summed E-state index contributed by atoms with van der Waals surface area (Å²) in [7, 11) is 0. The summed E-state index contributed by atoms with van der Waals surface area (Å²) >= 11 is 0. The van der Waals surface area contributed by atoms with Crippen molar-refractivity contribution in [3.8, 4) is 5.75 Å². The number of aryl methyl sites for hydroxylation is 1. The van der Waals surface area contributed by atoms with Crippen molar-refractivity contribution in [1.82, 2.24) is 0 Å². The van der Waals surface area contributed by atoms with E-state index in [2.05, 4.69) is 12.1 Å². The summed E-state index contributed by atoms with van der Waals surface area (Å²) in [6, 6.07) is 18.3. The predicted molar refractivity (Wildman–Crippen MR) is 181 cm³/mol. The van der Waals surface area contributed by atoms with Crippen molar-refractivity contribution in [2.45, 2.75) is 6.92 Å². The first-order valence-electron chi connectivity index (χ1n) is 16.9. The Morgan fingerprint density at radius 1 is 0.333 bits per heavy atom. The first kappa shape index (κ1) is 45.7. The highest BCUT2D eigenvalue weighted by atomic mass is 19.2. The monoisotopic (exact) mass is 915 g/mol. The second-order valence-electron chi connectivity index (χ2n) is 13.1. The zero-order valence-electron chi connectivity index (χ0n) is 30.3. The van der Waals surface area contributed by atoms with E-state index in [1.54, 1.807) is 4.73 Å². The molecule has 1 heterocycles. The van der Waals surface area contributed by atoms with Crippen LogP contribution in [0.15, 0.2) is 67.0 Å². The lowest BCUT2D eigenvalue weighted by atomic mass is 9.12. The molecule has 0 amide bonds. The molecule has 0 N–H and O–H groups in total. The minimum Gasteiger partial charge on any atom is -0.231 e. The van der Waals surface area contributed by atoms with E-state index in [-0.39, 0.29) is 0 Å². The van der Waals surface area contributed by atoms with Gasteiger partial charge in [0.05, 0.1) is 5.39 Å². The average Bonchev–Trinajstić information content (AvgIpc) is 3.27. The molecular formula is C40H14BF20NO. The van der Waals surface area contributed by atoms with Crippen LogP contribution in [0.5, 0.6) is 5.75 Å². The SMILES string of the molecule is Cc1ccccc1O[n+]1ccc2ccccc2c1.Fc1c(F)c(F)c([B-](c2c(F)c(F)c(F)c(F)c2F)(c2c(F)c(F)c(F)c(F)c2F)c2c(F)c(F)c(F)c(F)c2F)c(F)c1F. The molecule has 0 aliphatic heterocycles. The maximum Gasteiger partial charge on any atom is 0.230 e. The van der Waals surface area contributed by atoms with Crippen LogP contribution in [0.4, 0.5) is 87.8 Å². The van der Waals surface area contributed by atoms with E-state index in [0.717, 1.165) is 16.7 Å². The second kappa shape index (κ2) is 16.8. The molecule has 0 unspecified atom stereocenters. The lowest BCUT2D eigenvalue weighted by molar-refractivity contribution is -0.874. The van der Waals surface area contributed by atoms with Crippen LogP contribution in [-0.2, 0) is 0 Å². The number of halogens is 20. The number of benzene rings is 6. The largest absolute Gasteiger partial charge is 0.231 e.